The van der Waals surface area contributed by atoms with E-state index in [1.54, 1.807) is 6.33 Å². The first-order valence-corrected chi connectivity index (χ1v) is 9.65. The molecule has 1 aliphatic heterocycles. The maximum Gasteiger partial charge on any atom is 0.264 e. The van der Waals surface area contributed by atoms with Crippen LogP contribution in [0.2, 0.25) is 0 Å². The first-order valence-electron chi connectivity index (χ1n) is 8.83. The van der Waals surface area contributed by atoms with Crippen LogP contribution in [-0.4, -0.2) is 38.8 Å². The van der Waals surface area contributed by atoms with E-state index >= 15 is 0 Å². The van der Waals surface area contributed by atoms with E-state index < -0.39 is 0 Å². The molecule has 1 fully saturated rings. The van der Waals surface area contributed by atoms with E-state index in [0.29, 0.717) is 6.54 Å². The van der Waals surface area contributed by atoms with Gasteiger partial charge in [0.15, 0.2) is 0 Å². The smallest absolute Gasteiger partial charge is 0.264 e. The number of rotatable bonds is 4. The van der Waals surface area contributed by atoms with Gasteiger partial charge in [-0.25, -0.2) is 9.97 Å². The highest BCUT2D eigenvalue weighted by Gasteiger charge is 2.25. The molecule has 7 heteroatoms. The van der Waals surface area contributed by atoms with Crippen LogP contribution in [0.15, 0.2) is 24.5 Å². The Balaban J connectivity index is 1.64. The lowest BCUT2D eigenvalue weighted by molar-refractivity contribution is 0.0797. The molecule has 26 heavy (non-hydrogen) atoms. The van der Waals surface area contributed by atoms with E-state index in [0.717, 1.165) is 63.8 Å². The molecule has 0 aromatic carbocycles. The van der Waals surface area contributed by atoms with E-state index in [-0.39, 0.29) is 5.91 Å². The normalized spacial score (nSPS) is 14.2. The van der Waals surface area contributed by atoms with Gasteiger partial charge in [-0.15, -0.1) is 11.3 Å². The van der Waals surface area contributed by atoms with Crippen molar-refractivity contribution in [2.24, 2.45) is 0 Å². The van der Waals surface area contributed by atoms with Crippen LogP contribution < -0.4 is 5.32 Å². The standard InChI is InChI=1S/C19H21N5OS/c1-12-6-5-7-14(23-12)10-20-17-15-13(2)16(26-18(15)22-11-21-17)19(25)24-8-3-4-9-24/h5-7,11H,3-4,8-10H2,1-2H3,(H,20,21,22). The molecule has 0 atom stereocenters. The SMILES string of the molecule is Cc1cccc(CNc2ncnc3sc(C(=O)N4CCCC4)c(C)c23)n1. The lowest BCUT2D eigenvalue weighted by atomic mass is 10.2. The fraction of sp³-hybridized carbons (Fsp3) is 0.368. The van der Waals surface area contributed by atoms with Gasteiger partial charge in [0.1, 0.15) is 17.0 Å². The maximum absolute atomic E-state index is 12.8. The Morgan fingerprint density at radius 3 is 2.81 bits per heavy atom. The molecule has 0 radical (unpaired) electrons. The van der Waals surface area contributed by atoms with Gasteiger partial charge in [-0.2, -0.15) is 0 Å². The first-order chi connectivity index (χ1) is 12.6. The molecule has 0 spiro atoms. The number of anilines is 1. The number of aromatic nitrogens is 3. The Bertz CT molecular complexity index is 962. The van der Waals surface area contributed by atoms with Gasteiger partial charge in [0, 0.05) is 18.8 Å². The van der Waals surface area contributed by atoms with Crippen molar-refractivity contribution in [3.05, 3.63) is 46.4 Å². The predicted molar refractivity (Wildman–Crippen MR) is 104 cm³/mol. The lowest BCUT2D eigenvalue weighted by Crippen LogP contribution is -2.27. The van der Waals surface area contributed by atoms with Crippen molar-refractivity contribution in [3.63, 3.8) is 0 Å². The molecule has 1 saturated heterocycles. The Morgan fingerprint density at radius 1 is 1.23 bits per heavy atom. The van der Waals surface area contributed by atoms with Crippen molar-refractivity contribution in [3.8, 4) is 0 Å². The molecule has 0 bridgehead atoms. The number of likely N-dealkylation sites (tertiary alicyclic amines) is 1. The molecule has 6 nitrogen and oxygen atoms in total. The average molecular weight is 367 g/mol. The third kappa shape index (κ3) is 3.14. The second kappa shape index (κ2) is 6.99. The van der Waals surface area contributed by atoms with Crippen LogP contribution in [0.3, 0.4) is 0 Å². The molecule has 0 aliphatic carbocycles. The number of hydrogen-bond donors (Lipinski definition) is 1. The molecule has 0 saturated carbocycles. The zero-order valence-corrected chi connectivity index (χ0v) is 15.8. The van der Waals surface area contributed by atoms with Gasteiger partial charge in [0.25, 0.3) is 5.91 Å². The molecule has 4 rings (SSSR count). The number of pyridine rings is 1. The second-order valence-electron chi connectivity index (χ2n) is 6.58. The van der Waals surface area contributed by atoms with Crippen molar-refractivity contribution in [2.75, 3.05) is 18.4 Å². The maximum atomic E-state index is 12.8. The predicted octanol–water partition coefficient (Wildman–Crippen LogP) is 3.55. The quantitative estimate of drug-likeness (QED) is 0.763. The minimum atomic E-state index is 0.120. The summed E-state index contributed by atoms with van der Waals surface area (Å²) in [6, 6.07) is 5.96. The summed E-state index contributed by atoms with van der Waals surface area (Å²) in [4.78, 5) is 29.7. The van der Waals surface area contributed by atoms with E-state index in [1.807, 2.05) is 36.9 Å². The van der Waals surface area contributed by atoms with Crippen molar-refractivity contribution < 1.29 is 4.79 Å². The van der Waals surface area contributed by atoms with Gasteiger partial charge in [0.05, 0.1) is 22.5 Å². The monoisotopic (exact) mass is 367 g/mol. The number of nitrogens with one attached hydrogen (secondary N) is 1. The largest absolute Gasteiger partial charge is 0.364 e. The topological polar surface area (TPSA) is 71.0 Å². The summed E-state index contributed by atoms with van der Waals surface area (Å²) >= 11 is 1.46. The number of aryl methyl sites for hydroxylation is 2. The highest BCUT2D eigenvalue weighted by Crippen LogP contribution is 2.34. The van der Waals surface area contributed by atoms with Crippen LogP contribution in [0, 0.1) is 13.8 Å². The molecular formula is C19H21N5OS. The van der Waals surface area contributed by atoms with E-state index in [2.05, 4.69) is 20.3 Å². The van der Waals surface area contributed by atoms with Crippen LogP contribution in [0.5, 0.6) is 0 Å². The van der Waals surface area contributed by atoms with Crippen molar-refractivity contribution in [1.82, 2.24) is 19.9 Å². The average Bonchev–Trinajstić information content (AvgIpc) is 3.28. The molecule has 1 amide bonds. The minimum absolute atomic E-state index is 0.120. The lowest BCUT2D eigenvalue weighted by Gasteiger charge is -2.14. The molecule has 0 unspecified atom stereocenters. The van der Waals surface area contributed by atoms with Crippen LogP contribution in [0.4, 0.5) is 5.82 Å². The molecule has 1 N–H and O–H groups in total. The van der Waals surface area contributed by atoms with Gasteiger partial charge in [-0.05, 0) is 44.4 Å². The highest BCUT2D eigenvalue weighted by molar-refractivity contribution is 7.20. The van der Waals surface area contributed by atoms with Crippen LogP contribution in [0.25, 0.3) is 10.2 Å². The Kier molecular flexibility index (Phi) is 4.55. The molecule has 3 aromatic heterocycles. The Morgan fingerprint density at radius 2 is 2.04 bits per heavy atom. The van der Waals surface area contributed by atoms with E-state index in [1.165, 1.54) is 11.3 Å². The molecular weight excluding hydrogens is 346 g/mol. The summed E-state index contributed by atoms with van der Waals surface area (Å²) < 4.78 is 0. The third-order valence-electron chi connectivity index (χ3n) is 4.70. The Labute approximate surface area is 156 Å². The fourth-order valence-electron chi connectivity index (χ4n) is 3.35. The van der Waals surface area contributed by atoms with Gasteiger partial charge >= 0.3 is 0 Å². The van der Waals surface area contributed by atoms with Crippen LogP contribution in [-0.2, 0) is 6.54 Å². The number of thiophene rings is 1. The number of hydrogen-bond acceptors (Lipinski definition) is 6. The van der Waals surface area contributed by atoms with E-state index in [9.17, 15) is 4.79 Å². The summed E-state index contributed by atoms with van der Waals surface area (Å²) in [5.74, 6) is 0.877. The van der Waals surface area contributed by atoms with Gasteiger partial charge in [-0.3, -0.25) is 9.78 Å². The molecule has 3 aromatic rings. The number of amides is 1. The molecule has 134 valence electrons. The summed E-state index contributed by atoms with van der Waals surface area (Å²) in [7, 11) is 0. The van der Waals surface area contributed by atoms with Crippen LogP contribution in [0.1, 0.15) is 39.5 Å². The van der Waals surface area contributed by atoms with Crippen molar-refractivity contribution >= 4 is 33.3 Å². The summed E-state index contributed by atoms with van der Waals surface area (Å²) in [6.45, 7) is 6.25. The number of carbonyl (C=O) groups excluding carboxylic acids is 1. The second-order valence-corrected chi connectivity index (χ2v) is 7.58. The highest BCUT2D eigenvalue weighted by atomic mass is 32.1. The van der Waals surface area contributed by atoms with E-state index in [4.69, 9.17) is 0 Å². The van der Waals surface area contributed by atoms with Gasteiger partial charge in [0.2, 0.25) is 0 Å². The van der Waals surface area contributed by atoms with Crippen molar-refractivity contribution in [2.45, 2.75) is 33.2 Å². The first kappa shape index (κ1) is 16.9. The van der Waals surface area contributed by atoms with Crippen molar-refractivity contribution in [1.29, 1.82) is 0 Å². The number of fused-ring (bicyclic) bond motifs is 1. The molecule has 1 aliphatic rings. The number of carbonyl (C=O) groups is 1. The Hall–Kier alpha value is -2.54. The van der Waals surface area contributed by atoms with Crippen LogP contribution >= 0.6 is 11.3 Å². The summed E-state index contributed by atoms with van der Waals surface area (Å²) in [5.41, 5.74) is 2.91. The minimum Gasteiger partial charge on any atom is -0.364 e. The number of nitrogens with zero attached hydrogens (tertiary/aromatic N) is 4. The zero-order chi connectivity index (χ0) is 18.1. The van der Waals surface area contributed by atoms with Gasteiger partial charge < -0.3 is 10.2 Å². The third-order valence-corrected chi connectivity index (χ3v) is 5.89. The molecule has 4 heterocycles. The van der Waals surface area contributed by atoms with Gasteiger partial charge in [-0.1, -0.05) is 6.07 Å². The zero-order valence-electron chi connectivity index (χ0n) is 15.0. The fourth-order valence-corrected chi connectivity index (χ4v) is 4.46. The summed E-state index contributed by atoms with van der Waals surface area (Å²) in [6.07, 6.45) is 3.73. The summed E-state index contributed by atoms with van der Waals surface area (Å²) in [5, 5.41) is 4.30.